The summed E-state index contributed by atoms with van der Waals surface area (Å²) < 4.78 is 41.5. The highest BCUT2D eigenvalue weighted by molar-refractivity contribution is 5.85. The summed E-state index contributed by atoms with van der Waals surface area (Å²) in [5.41, 5.74) is 2.79. The van der Waals surface area contributed by atoms with Gasteiger partial charge < -0.3 is 5.32 Å². The first-order chi connectivity index (χ1) is 9.49. The van der Waals surface area contributed by atoms with Gasteiger partial charge in [-0.2, -0.15) is 5.10 Å². The first-order valence-electron chi connectivity index (χ1n) is 6.43. The summed E-state index contributed by atoms with van der Waals surface area (Å²) in [7, 11) is 1.72. The van der Waals surface area contributed by atoms with Crippen molar-refractivity contribution in [2.45, 2.75) is 19.4 Å². The van der Waals surface area contributed by atoms with Crippen LogP contribution < -0.4 is 5.32 Å². The molecule has 0 saturated heterocycles. The summed E-state index contributed by atoms with van der Waals surface area (Å²) in [6.07, 6.45) is 0.726. The average molecular weight is 318 g/mol. The van der Waals surface area contributed by atoms with Crippen molar-refractivity contribution in [3.63, 3.8) is 0 Å². The van der Waals surface area contributed by atoms with Crippen LogP contribution >= 0.6 is 12.4 Å². The van der Waals surface area contributed by atoms with Crippen LogP contribution in [0.25, 0.3) is 11.3 Å². The van der Waals surface area contributed by atoms with Crippen molar-refractivity contribution in [1.82, 2.24) is 15.1 Å². The Bertz CT molecular complexity index is 661. The lowest BCUT2D eigenvalue weighted by molar-refractivity contribution is 0.447. The van der Waals surface area contributed by atoms with Gasteiger partial charge in [0.25, 0.3) is 0 Å². The van der Waals surface area contributed by atoms with Crippen LogP contribution in [0.5, 0.6) is 0 Å². The number of hydrogen-bond acceptors (Lipinski definition) is 2. The predicted octanol–water partition coefficient (Wildman–Crippen LogP) is 3.13. The Balaban J connectivity index is 0.00000161. The zero-order valence-electron chi connectivity index (χ0n) is 11.6. The zero-order valence-corrected chi connectivity index (χ0v) is 12.4. The van der Waals surface area contributed by atoms with Crippen LogP contribution in [0.15, 0.2) is 12.1 Å². The largest absolute Gasteiger partial charge is 0.308 e. The van der Waals surface area contributed by atoms with Gasteiger partial charge in [0.15, 0.2) is 17.5 Å². The minimum absolute atomic E-state index is 0. The van der Waals surface area contributed by atoms with Gasteiger partial charge >= 0.3 is 0 Å². The molecule has 7 heteroatoms. The molecule has 0 aliphatic carbocycles. The smallest absolute Gasteiger partial charge is 0.194 e. The Kier molecular flexibility index (Phi) is 4.30. The molecule has 0 bridgehead atoms. The summed E-state index contributed by atoms with van der Waals surface area (Å²) in [4.78, 5) is 0. The third kappa shape index (κ3) is 2.53. The first-order valence-corrected chi connectivity index (χ1v) is 6.43. The summed E-state index contributed by atoms with van der Waals surface area (Å²) in [5, 5.41) is 7.68. The van der Waals surface area contributed by atoms with Crippen LogP contribution in [0.1, 0.15) is 24.2 Å². The maximum atomic E-state index is 13.4. The van der Waals surface area contributed by atoms with Crippen molar-refractivity contribution < 1.29 is 13.2 Å². The van der Waals surface area contributed by atoms with E-state index in [1.54, 1.807) is 11.7 Å². The molecule has 1 aliphatic heterocycles. The van der Waals surface area contributed by atoms with Gasteiger partial charge in [-0.05, 0) is 32.0 Å². The lowest BCUT2D eigenvalue weighted by Gasteiger charge is -2.19. The highest BCUT2D eigenvalue weighted by atomic mass is 35.5. The van der Waals surface area contributed by atoms with Gasteiger partial charge in [0.05, 0.1) is 11.4 Å². The number of benzene rings is 1. The molecular formula is C14H15ClF3N3. The maximum absolute atomic E-state index is 13.4. The Morgan fingerprint density at radius 1 is 1.24 bits per heavy atom. The van der Waals surface area contributed by atoms with E-state index >= 15 is 0 Å². The molecule has 0 amide bonds. The van der Waals surface area contributed by atoms with Crippen molar-refractivity contribution in [1.29, 1.82) is 0 Å². The number of halogens is 4. The molecule has 1 N–H and O–H groups in total. The second-order valence-electron chi connectivity index (χ2n) is 5.02. The standard InChI is InChI=1S/C14H14F3N3.ClH/c1-7-13-9(3-4-18-7)14(20(2)19-13)8-5-10(15)12(17)11(16)6-8;/h5-7,18H,3-4H2,1-2H3;1H. The highest BCUT2D eigenvalue weighted by Gasteiger charge is 2.25. The monoisotopic (exact) mass is 317 g/mol. The van der Waals surface area contributed by atoms with Crippen molar-refractivity contribution in [3.05, 3.63) is 40.8 Å². The molecule has 2 heterocycles. The fourth-order valence-electron chi connectivity index (χ4n) is 2.75. The molecule has 21 heavy (non-hydrogen) atoms. The molecule has 1 unspecified atom stereocenters. The van der Waals surface area contributed by atoms with Gasteiger partial charge in [0.2, 0.25) is 0 Å². The van der Waals surface area contributed by atoms with Crippen LogP contribution in [0.3, 0.4) is 0 Å². The topological polar surface area (TPSA) is 29.9 Å². The van der Waals surface area contributed by atoms with E-state index in [4.69, 9.17) is 0 Å². The molecule has 3 rings (SSSR count). The van der Waals surface area contributed by atoms with Crippen molar-refractivity contribution in [2.24, 2.45) is 7.05 Å². The van der Waals surface area contributed by atoms with E-state index in [2.05, 4.69) is 10.4 Å². The summed E-state index contributed by atoms with van der Waals surface area (Å²) in [5.74, 6) is -3.81. The van der Waals surface area contributed by atoms with E-state index in [1.165, 1.54) is 0 Å². The zero-order chi connectivity index (χ0) is 14.4. The summed E-state index contributed by atoms with van der Waals surface area (Å²) in [6.45, 7) is 2.76. The summed E-state index contributed by atoms with van der Waals surface area (Å²) in [6, 6.07) is 2.12. The summed E-state index contributed by atoms with van der Waals surface area (Å²) >= 11 is 0. The Morgan fingerprint density at radius 3 is 2.48 bits per heavy atom. The number of aryl methyl sites for hydroxylation is 1. The third-order valence-electron chi connectivity index (χ3n) is 3.67. The lowest BCUT2D eigenvalue weighted by atomic mass is 9.97. The second-order valence-corrected chi connectivity index (χ2v) is 5.02. The molecule has 1 aliphatic rings. The molecule has 0 radical (unpaired) electrons. The molecule has 1 aromatic heterocycles. The van der Waals surface area contributed by atoms with Crippen LogP contribution in [0.2, 0.25) is 0 Å². The molecule has 1 aromatic carbocycles. The van der Waals surface area contributed by atoms with Crippen molar-refractivity contribution in [2.75, 3.05) is 6.54 Å². The van der Waals surface area contributed by atoms with Gasteiger partial charge in [-0.1, -0.05) is 0 Å². The van der Waals surface area contributed by atoms with Gasteiger partial charge in [-0.3, -0.25) is 4.68 Å². The first kappa shape index (κ1) is 15.9. The average Bonchev–Trinajstić information content (AvgIpc) is 2.73. The fraction of sp³-hybridized carbons (Fsp3) is 0.357. The van der Waals surface area contributed by atoms with Crippen LogP contribution in [-0.4, -0.2) is 16.3 Å². The molecule has 2 aromatic rings. The van der Waals surface area contributed by atoms with E-state index in [9.17, 15) is 13.2 Å². The van der Waals surface area contributed by atoms with E-state index in [0.29, 0.717) is 11.3 Å². The number of rotatable bonds is 1. The minimum atomic E-state index is -1.44. The van der Waals surface area contributed by atoms with Crippen LogP contribution in [-0.2, 0) is 13.5 Å². The SMILES string of the molecule is CC1NCCc2c1nn(C)c2-c1cc(F)c(F)c(F)c1.Cl. The van der Waals surface area contributed by atoms with Crippen LogP contribution in [0.4, 0.5) is 13.2 Å². The third-order valence-corrected chi connectivity index (χ3v) is 3.67. The number of fused-ring (bicyclic) bond motifs is 1. The van der Waals surface area contributed by atoms with Gasteiger partial charge in [-0.15, -0.1) is 12.4 Å². The number of nitrogens with zero attached hydrogens (tertiary/aromatic N) is 2. The molecule has 0 spiro atoms. The van der Waals surface area contributed by atoms with Gasteiger partial charge in [0.1, 0.15) is 0 Å². The number of hydrogen-bond donors (Lipinski definition) is 1. The van der Waals surface area contributed by atoms with Crippen molar-refractivity contribution in [3.8, 4) is 11.3 Å². The molecule has 114 valence electrons. The fourth-order valence-corrected chi connectivity index (χ4v) is 2.75. The molecular weight excluding hydrogens is 303 g/mol. The van der Waals surface area contributed by atoms with Crippen LogP contribution in [0, 0.1) is 17.5 Å². The Hall–Kier alpha value is -1.53. The van der Waals surface area contributed by atoms with E-state index in [1.807, 2.05) is 6.92 Å². The minimum Gasteiger partial charge on any atom is -0.308 e. The molecule has 1 atom stereocenters. The molecule has 0 fully saturated rings. The van der Waals surface area contributed by atoms with E-state index in [-0.39, 0.29) is 18.4 Å². The number of nitrogens with one attached hydrogen (secondary N) is 1. The lowest BCUT2D eigenvalue weighted by Crippen LogP contribution is -2.27. The van der Waals surface area contributed by atoms with E-state index in [0.717, 1.165) is 36.4 Å². The Morgan fingerprint density at radius 2 is 1.86 bits per heavy atom. The highest BCUT2D eigenvalue weighted by Crippen LogP contribution is 2.32. The normalized spacial score (nSPS) is 17.3. The predicted molar refractivity (Wildman–Crippen MR) is 75.9 cm³/mol. The quantitative estimate of drug-likeness (QED) is 0.819. The molecule has 0 saturated carbocycles. The second kappa shape index (κ2) is 5.69. The van der Waals surface area contributed by atoms with Gasteiger partial charge in [0, 0.05) is 24.2 Å². The molecule has 3 nitrogen and oxygen atoms in total. The maximum Gasteiger partial charge on any atom is 0.194 e. The number of aromatic nitrogens is 2. The van der Waals surface area contributed by atoms with E-state index < -0.39 is 17.5 Å². The Labute approximate surface area is 126 Å². The van der Waals surface area contributed by atoms with Crippen molar-refractivity contribution >= 4 is 12.4 Å². The van der Waals surface area contributed by atoms with Gasteiger partial charge in [-0.25, -0.2) is 13.2 Å².